The molecule has 3 heterocycles. The van der Waals surface area contributed by atoms with Crippen LogP contribution >= 0.6 is 0 Å². The van der Waals surface area contributed by atoms with Gasteiger partial charge in [0.25, 0.3) is 0 Å². The number of aromatic nitrogens is 3. The van der Waals surface area contributed by atoms with Crippen molar-refractivity contribution < 1.29 is 0 Å². The molecule has 1 fully saturated rings. The Kier molecular flexibility index (Phi) is 5.00. The van der Waals surface area contributed by atoms with E-state index in [2.05, 4.69) is 62.1 Å². The van der Waals surface area contributed by atoms with Gasteiger partial charge < -0.3 is 4.90 Å². The molecule has 26 heavy (non-hydrogen) atoms. The first-order valence-corrected chi connectivity index (χ1v) is 8.99. The van der Waals surface area contributed by atoms with E-state index >= 15 is 0 Å². The molecule has 1 aliphatic heterocycles. The van der Waals surface area contributed by atoms with Crippen molar-refractivity contribution in [2.75, 3.05) is 26.7 Å². The fourth-order valence-electron chi connectivity index (χ4n) is 3.44. The Hall–Kier alpha value is -2.63. The second kappa shape index (κ2) is 7.72. The predicted octanol–water partition coefficient (Wildman–Crippen LogP) is 3.03. The number of likely N-dealkylation sites (N-methyl/N-ethyl adjacent to an activating group) is 1. The first kappa shape index (κ1) is 16.8. The molecular formula is C21H23N5. The van der Waals surface area contributed by atoms with Crippen LogP contribution in [0.4, 0.5) is 0 Å². The molecule has 0 aliphatic carbocycles. The minimum absolute atomic E-state index is 0.394. The van der Waals surface area contributed by atoms with Gasteiger partial charge in [-0.25, -0.2) is 9.97 Å². The van der Waals surface area contributed by atoms with Crippen LogP contribution in [0.5, 0.6) is 0 Å². The third kappa shape index (κ3) is 3.79. The molecule has 5 heteroatoms. The lowest BCUT2D eigenvalue weighted by atomic mass is 10.0. The van der Waals surface area contributed by atoms with Gasteiger partial charge in [0.15, 0.2) is 5.82 Å². The van der Waals surface area contributed by atoms with Gasteiger partial charge >= 0.3 is 0 Å². The van der Waals surface area contributed by atoms with E-state index in [9.17, 15) is 0 Å². The number of pyridine rings is 1. The molecule has 132 valence electrons. The highest BCUT2D eigenvalue weighted by Crippen LogP contribution is 2.26. The topological polar surface area (TPSA) is 45.2 Å². The highest BCUT2D eigenvalue weighted by Gasteiger charge is 2.26. The molecule has 1 atom stereocenters. The summed E-state index contributed by atoms with van der Waals surface area (Å²) < 4.78 is 0. The van der Waals surface area contributed by atoms with Crippen molar-refractivity contribution in [1.82, 2.24) is 24.8 Å². The molecule has 0 amide bonds. The molecule has 5 nitrogen and oxygen atoms in total. The molecule has 1 aliphatic rings. The lowest BCUT2D eigenvalue weighted by Crippen LogP contribution is -2.46. The van der Waals surface area contributed by atoms with E-state index in [0.717, 1.165) is 37.4 Å². The normalized spacial score (nSPS) is 18.7. The van der Waals surface area contributed by atoms with Gasteiger partial charge in [0.1, 0.15) is 5.69 Å². The summed E-state index contributed by atoms with van der Waals surface area (Å²) in [4.78, 5) is 18.3. The number of hydrogen-bond acceptors (Lipinski definition) is 5. The van der Waals surface area contributed by atoms with Gasteiger partial charge in [-0.3, -0.25) is 9.88 Å². The highest BCUT2D eigenvalue weighted by molar-refractivity contribution is 5.47. The van der Waals surface area contributed by atoms with Crippen molar-refractivity contribution in [2.45, 2.75) is 12.6 Å². The zero-order valence-electron chi connectivity index (χ0n) is 15.0. The van der Waals surface area contributed by atoms with Crippen LogP contribution in [0.15, 0.2) is 67.1 Å². The summed E-state index contributed by atoms with van der Waals surface area (Å²) in [5.74, 6) is 0.673. The summed E-state index contributed by atoms with van der Waals surface area (Å²) in [6.45, 7) is 4.01. The van der Waals surface area contributed by atoms with Gasteiger partial charge in [-0.2, -0.15) is 0 Å². The first-order valence-electron chi connectivity index (χ1n) is 8.99. The fraction of sp³-hybridized carbons (Fsp3) is 0.286. The van der Waals surface area contributed by atoms with Crippen LogP contribution in [0, 0.1) is 0 Å². The summed E-state index contributed by atoms with van der Waals surface area (Å²) in [6.07, 6.45) is 5.62. The van der Waals surface area contributed by atoms with Gasteiger partial charge in [0, 0.05) is 56.4 Å². The highest BCUT2D eigenvalue weighted by atomic mass is 15.3. The van der Waals surface area contributed by atoms with Crippen molar-refractivity contribution >= 4 is 0 Å². The second-order valence-electron chi connectivity index (χ2n) is 6.79. The number of hydrogen-bond donors (Lipinski definition) is 0. The third-order valence-electron chi connectivity index (χ3n) is 4.86. The molecule has 0 unspecified atom stereocenters. The maximum absolute atomic E-state index is 4.52. The van der Waals surface area contributed by atoms with Crippen LogP contribution < -0.4 is 0 Å². The average molecular weight is 345 g/mol. The Morgan fingerprint density at radius 3 is 2.42 bits per heavy atom. The second-order valence-corrected chi connectivity index (χ2v) is 6.79. The molecular weight excluding hydrogens is 322 g/mol. The first-order chi connectivity index (χ1) is 12.8. The van der Waals surface area contributed by atoms with E-state index in [1.807, 2.05) is 30.6 Å². The molecule has 4 rings (SSSR count). The Balaban J connectivity index is 1.51. The summed E-state index contributed by atoms with van der Waals surface area (Å²) in [5, 5.41) is 0. The van der Waals surface area contributed by atoms with Crippen LogP contribution in [0.1, 0.15) is 17.2 Å². The van der Waals surface area contributed by atoms with Crippen LogP contribution in [-0.2, 0) is 6.54 Å². The van der Waals surface area contributed by atoms with Crippen molar-refractivity contribution in [3.05, 3.63) is 78.2 Å². The SMILES string of the molecule is CN1CCN(Cc2cnc(-c3ccccn3)nc2)[C@@H](c2ccccc2)C1. The Morgan fingerprint density at radius 1 is 0.923 bits per heavy atom. The van der Waals surface area contributed by atoms with Crippen molar-refractivity contribution in [3.63, 3.8) is 0 Å². The molecule has 2 aromatic heterocycles. The van der Waals surface area contributed by atoms with Gasteiger partial charge in [-0.05, 0) is 24.7 Å². The standard InChI is InChI=1S/C21H23N5/c1-25-11-12-26(20(16-25)18-7-3-2-4-8-18)15-17-13-23-21(24-14-17)19-9-5-6-10-22-19/h2-10,13-14,20H,11-12,15-16H2,1H3/t20-/m1/s1. The van der Waals surface area contributed by atoms with Crippen molar-refractivity contribution in [2.24, 2.45) is 0 Å². The van der Waals surface area contributed by atoms with E-state index in [1.54, 1.807) is 6.20 Å². The Morgan fingerprint density at radius 2 is 1.69 bits per heavy atom. The van der Waals surface area contributed by atoms with Gasteiger partial charge in [0.2, 0.25) is 0 Å². The van der Waals surface area contributed by atoms with E-state index in [1.165, 1.54) is 5.56 Å². The zero-order valence-corrected chi connectivity index (χ0v) is 15.0. The Bertz CT molecular complexity index is 820. The number of rotatable bonds is 4. The summed E-state index contributed by atoms with van der Waals surface area (Å²) in [6, 6.07) is 16.9. The molecule has 3 aromatic rings. The summed E-state index contributed by atoms with van der Waals surface area (Å²) >= 11 is 0. The summed E-state index contributed by atoms with van der Waals surface area (Å²) in [5.41, 5.74) is 3.31. The lowest BCUT2D eigenvalue weighted by molar-refractivity contribution is 0.0832. The molecule has 1 aromatic carbocycles. The maximum atomic E-state index is 4.52. The van der Waals surface area contributed by atoms with E-state index in [-0.39, 0.29) is 0 Å². The van der Waals surface area contributed by atoms with Crippen molar-refractivity contribution in [1.29, 1.82) is 0 Å². The predicted molar refractivity (Wildman–Crippen MR) is 102 cm³/mol. The lowest BCUT2D eigenvalue weighted by Gasteiger charge is -2.40. The largest absolute Gasteiger partial charge is 0.303 e. The number of nitrogens with zero attached hydrogens (tertiary/aromatic N) is 5. The molecule has 1 saturated heterocycles. The maximum Gasteiger partial charge on any atom is 0.178 e. The molecule has 0 spiro atoms. The minimum atomic E-state index is 0.394. The zero-order chi connectivity index (χ0) is 17.8. The quantitative estimate of drug-likeness (QED) is 0.727. The molecule has 0 N–H and O–H groups in total. The summed E-state index contributed by atoms with van der Waals surface area (Å²) in [7, 11) is 2.19. The average Bonchev–Trinajstić information content (AvgIpc) is 2.71. The monoisotopic (exact) mass is 345 g/mol. The molecule has 0 radical (unpaired) electrons. The Labute approximate surface area is 154 Å². The smallest absolute Gasteiger partial charge is 0.178 e. The van der Waals surface area contributed by atoms with E-state index in [0.29, 0.717) is 11.9 Å². The van der Waals surface area contributed by atoms with E-state index in [4.69, 9.17) is 0 Å². The van der Waals surface area contributed by atoms with Crippen LogP contribution in [0.3, 0.4) is 0 Å². The van der Waals surface area contributed by atoms with Crippen LogP contribution in [0.25, 0.3) is 11.5 Å². The fourth-order valence-corrected chi connectivity index (χ4v) is 3.44. The van der Waals surface area contributed by atoms with Gasteiger partial charge in [-0.15, -0.1) is 0 Å². The van der Waals surface area contributed by atoms with Crippen LogP contribution in [0.2, 0.25) is 0 Å². The third-order valence-corrected chi connectivity index (χ3v) is 4.86. The van der Waals surface area contributed by atoms with E-state index < -0.39 is 0 Å². The number of piperazine rings is 1. The molecule has 0 saturated carbocycles. The van der Waals surface area contributed by atoms with Crippen LogP contribution in [-0.4, -0.2) is 51.4 Å². The van der Waals surface area contributed by atoms with Crippen molar-refractivity contribution in [3.8, 4) is 11.5 Å². The molecule has 0 bridgehead atoms. The number of benzene rings is 1. The minimum Gasteiger partial charge on any atom is -0.303 e. The van der Waals surface area contributed by atoms with Gasteiger partial charge in [-0.1, -0.05) is 36.4 Å². The van der Waals surface area contributed by atoms with Gasteiger partial charge in [0.05, 0.1) is 0 Å².